The predicted octanol–water partition coefficient (Wildman–Crippen LogP) is 5.39. The molecule has 0 aliphatic heterocycles. The number of alkyl halides is 1. The van der Waals surface area contributed by atoms with Gasteiger partial charge in [0, 0.05) is 0 Å². The number of aryl methyl sites for hydroxylation is 3. The number of rotatable bonds is 4. The van der Waals surface area contributed by atoms with Gasteiger partial charge in [-0.2, -0.15) is 0 Å². The summed E-state index contributed by atoms with van der Waals surface area (Å²) in [5, 5.41) is 0.0491. The fraction of sp³-hybridized carbons (Fsp3) is 0.333. The second kappa shape index (κ2) is 6.25. The van der Waals surface area contributed by atoms with Crippen molar-refractivity contribution in [3.05, 3.63) is 70.3 Å². The quantitative estimate of drug-likeness (QED) is 0.655. The predicted molar refractivity (Wildman–Crippen MR) is 84.0 cm³/mol. The van der Waals surface area contributed by atoms with Crippen molar-refractivity contribution in [1.82, 2.24) is 0 Å². The van der Waals surface area contributed by atoms with Crippen LogP contribution in [0.4, 0.5) is 0 Å². The Morgan fingerprint density at radius 1 is 0.895 bits per heavy atom. The van der Waals surface area contributed by atoms with Crippen LogP contribution in [-0.2, 0) is 12.8 Å². The minimum atomic E-state index is 0.0491. The van der Waals surface area contributed by atoms with E-state index in [-0.39, 0.29) is 5.38 Å². The molecule has 0 amide bonds. The molecule has 0 aliphatic carbocycles. The van der Waals surface area contributed by atoms with Crippen molar-refractivity contribution in [2.45, 2.75) is 39.0 Å². The molecular formula is C18H21Cl. The van der Waals surface area contributed by atoms with E-state index in [0.29, 0.717) is 0 Å². The molecule has 0 spiro atoms. The highest BCUT2D eigenvalue weighted by Gasteiger charge is 2.09. The van der Waals surface area contributed by atoms with Crippen molar-refractivity contribution in [3.63, 3.8) is 0 Å². The van der Waals surface area contributed by atoms with Crippen LogP contribution in [0.1, 0.15) is 40.1 Å². The van der Waals surface area contributed by atoms with Gasteiger partial charge in [0.1, 0.15) is 0 Å². The van der Waals surface area contributed by atoms with Crippen LogP contribution in [0.25, 0.3) is 0 Å². The third-order valence-corrected chi connectivity index (χ3v) is 4.14. The molecule has 0 fully saturated rings. The molecule has 100 valence electrons. The lowest BCUT2D eigenvalue weighted by atomic mass is 9.99. The first-order valence-electron chi connectivity index (χ1n) is 6.89. The Hall–Kier alpha value is -1.27. The number of halogens is 1. The van der Waals surface area contributed by atoms with Crippen LogP contribution < -0.4 is 0 Å². The summed E-state index contributed by atoms with van der Waals surface area (Å²) in [6, 6.07) is 15.2. The Morgan fingerprint density at radius 3 is 2.11 bits per heavy atom. The largest absolute Gasteiger partial charge is 0.117 e. The summed E-state index contributed by atoms with van der Waals surface area (Å²) in [5.41, 5.74) is 6.54. The summed E-state index contributed by atoms with van der Waals surface area (Å²) in [4.78, 5) is 0. The first kappa shape index (κ1) is 14.1. The molecule has 0 nitrogen and oxygen atoms in total. The van der Waals surface area contributed by atoms with E-state index < -0.39 is 0 Å². The summed E-state index contributed by atoms with van der Waals surface area (Å²) < 4.78 is 0. The molecule has 1 atom stereocenters. The van der Waals surface area contributed by atoms with Crippen molar-refractivity contribution in [2.24, 2.45) is 0 Å². The lowest BCUT2D eigenvalue weighted by Crippen LogP contribution is -1.97. The van der Waals surface area contributed by atoms with Crippen LogP contribution in [-0.4, -0.2) is 0 Å². The van der Waals surface area contributed by atoms with E-state index in [9.17, 15) is 0 Å². The smallest absolute Gasteiger partial charge is 0.0625 e. The van der Waals surface area contributed by atoms with Gasteiger partial charge in [-0.15, -0.1) is 11.6 Å². The van der Waals surface area contributed by atoms with Gasteiger partial charge < -0.3 is 0 Å². The van der Waals surface area contributed by atoms with Crippen molar-refractivity contribution >= 4 is 11.6 Å². The third-order valence-electron chi connectivity index (χ3n) is 3.74. The van der Waals surface area contributed by atoms with E-state index in [1.165, 1.54) is 27.8 Å². The lowest BCUT2D eigenvalue weighted by molar-refractivity contribution is 0.915. The molecule has 2 rings (SSSR count). The van der Waals surface area contributed by atoms with Crippen LogP contribution >= 0.6 is 11.6 Å². The van der Waals surface area contributed by atoms with Gasteiger partial charge in [0.05, 0.1) is 5.38 Å². The summed E-state index contributed by atoms with van der Waals surface area (Å²) >= 11 is 6.53. The van der Waals surface area contributed by atoms with Crippen LogP contribution in [0.2, 0.25) is 0 Å². The molecule has 1 heteroatoms. The SMILES string of the molecule is CCc1ccc(C(Cl)Cc2ccc(C)c(C)c2)cc1. The van der Waals surface area contributed by atoms with E-state index in [0.717, 1.165) is 12.8 Å². The summed E-state index contributed by atoms with van der Waals surface area (Å²) in [5.74, 6) is 0. The van der Waals surface area contributed by atoms with Crippen LogP contribution in [0.15, 0.2) is 42.5 Å². The van der Waals surface area contributed by atoms with Gasteiger partial charge in [0.15, 0.2) is 0 Å². The normalized spacial score (nSPS) is 12.4. The number of hydrogen-bond acceptors (Lipinski definition) is 0. The van der Waals surface area contributed by atoms with Gasteiger partial charge in [0.25, 0.3) is 0 Å². The highest BCUT2D eigenvalue weighted by atomic mass is 35.5. The minimum Gasteiger partial charge on any atom is -0.117 e. The summed E-state index contributed by atoms with van der Waals surface area (Å²) in [6.07, 6.45) is 1.96. The highest BCUT2D eigenvalue weighted by molar-refractivity contribution is 6.20. The van der Waals surface area contributed by atoms with Crippen molar-refractivity contribution in [1.29, 1.82) is 0 Å². The zero-order valence-corrected chi connectivity index (χ0v) is 12.7. The van der Waals surface area contributed by atoms with Gasteiger partial charge in [-0.25, -0.2) is 0 Å². The van der Waals surface area contributed by atoms with E-state index in [2.05, 4.69) is 63.2 Å². The molecule has 0 heterocycles. The Balaban J connectivity index is 2.10. The van der Waals surface area contributed by atoms with Crippen LogP contribution in [0.5, 0.6) is 0 Å². The topological polar surface area (TPSA) is 0 Å². The average molecular weight is 273 g/mol. The van der Waals surface area contributed by atoms with Gasteiger partial charge in [-0.05, 0) is 54.5 Å². The molecular weight excluding hydrogens is 252 g/mol. The van der Waals surface area contributed by atoms with Crippen LogP contribution in [0, 0.1) is 13.8 Å². The number of benzene rings is 2. The molecule has 2 aromatic rings. The van der Waals surface area contributed by atoms with E-state index in [1.54, 1.807) is 0 Å². The molecule has 2 aromatic carbocycles. The first-order chi connectivity index (χ1) is 9.10. The van der Waals surface area contributed by atoms with Gasteiger partial charge >= 0.3 is 0 Å². The van der Waals surface area contributed by atoms with Crippen molar-refractivity contribution in [2.75, 3.05) is 0 Å². The minimum absolute atomic E-state index is 0.0491. The van der Waals surface area contributed by atoms with Crippen molar-refractivity contribution < 1.29 is 0 Å². The standard InChI is InChI=1S/C18H21Cl/c1-4-15-7-9-17(10-8-15)18(19)12-16-6-5-13(2)14(3)11-16/h5-11,18H,4,12H2,1-3H3. The second-order valence-corrected chi connectivity index (χ2v) is 5.71. The number of hydrogen-bond donors (Lipinski definition) is 0. The molecule has 0 aromatic heterocycles. The fourth-order valence-electron chi connectivity index (χ4n) is 2.22. The Kier molecular flexibility index (Phi) is 4.66. The van der Waals surface area contributed by atoms with Crippen molar-refractivity contribution in [3.8, 4) is 0 Å². The summed E-state index contributed by atoms with van der Waals surface area (Å²) in [7, 11) is 0. The van der Waals surface area contributed by atoms with Gasteiger partial charge in [0.2, 0.25) is 0 Å². The van der Waals surface area contributed by atoms with E-state index in [4.69, 9.17) is 11.6 Å². The maximum Gasteiger partial charge on any atom is 0.0625 e. The fourth-order valence-corrected chi connectivity index (χ4v) is 2.54. The zero-order chi connectivity index (χ0) is 13.8. The Bertz CT molecular complexity index is 540. The van der Waals surface area contributed by atoms with Crippen LogP contribution in [0.3, 0.4) is 0 Å². The third kappa shape index (κ3) is 3.61. The molecule has 0 aliphatic rings. The van der Waals surface area contributed by atoms with Gasteiger partial charge in [-0.1, -0.05) is 49.4 Å². The lowest BCUT2D eigenvalue weighted by Gasteiger charge is -2.12. The van der Waals surface area contributed by atoms with Gasteiger partial charge in [-0.3, -0.25) is 0 Å². The maximum atomic E-state index is 6.53. The Labute approximate surface area is 121 Å². The van der Waals surface area contributed by atoms with E-state index >= 15 is 0 Å². The first-order valence-corrected chi connectivity index (χ1v) is 7.33. The second-order valence-electron chi connectivity index (χ2n) is 5.19. The average Bonchev–Trinajstić information content (AvgIpc) is 2.43. The molecule has 0 radical (unpaired) electrons. The van der Waals surface area contributed by atoms with E-state index in [1.807, 2.05) is 0 Å². The Morgan fingerprint density at radius 2 is 1.53 bits per heavy atom. The molecule has 0 saturated heterocycles. The monoisotopic (exact) mass is 272 g/mol. The molecule has 0 bridgehead atoms. The molecule has 0 N–H and O–H groups in total. The molecule has 19 heavy (non-hydrogen) atoms. The summed E-state index contributed by atoms with van der Waals surface area (Å²) in [6.45, 7) is 6.46. The molecule has 1 unspecified atom stereocenters. The zero-order valence-electron chi connectivity index (χ0n) is 11.9. The highest BCUT2D eigenvalue weighted by Crippen LogP contribution is 2.26. The molecule has 0 saturated carbocycles. The maximum absolute atomic E-state index is 6.53.